The van der Waals surface area contributed by atoms with Gasteiger partial charge in [-0.2, -0.15) is 31.4 Å². The maximum absolute atomic E-state index is 12.8. The first-order chi connectivity index (χ1) is 9.68. The lowest BCUT2D eigenvalue weighted by atomic mass is 10.1. The Morgan fingerprint density at radius 3 is 2.14 bits per heavy atom. The van der Waals surface area contributed by atoms with Crippen LogP contribution in [-0.4, -0.2) is 10.2 Å². The molecule has 1 aromatic carbocycles. The number of ether oxygens (including phenoxy) is 1. The number of hydrogen-bond donors (Lipinski definition) is 0. The van der Waals surface area contributed by atoms with Crippen molar-refractivity contribution in [1.29, 1.82) is 0 Å². The number of hydrogen-bond acceptors (Lipinski definition) is 3. The van der Waals surface area contributed by atoms with E-state index in [4.69, 9.17) is 4.74 Å². The molecule has 0 aliphatic carbocycles. The van der Waals surface area contributed by atoms with Gasteiger partial charge in [0.15, 0.2) is 0 Å². The average molecular weight is 308 g/mol. The molecule has 0 bridgehead atoms. The van der Waals surface area contributed by atoms with Gasteiger partial charge < -0.3 is 4.74 Å². The third kappa shape index (κ3) is 3.61. The van der Waals surface area contributed by atoms with Gasteiger partial charge in [-0.25, -0.2) is 0 Å². The van der Waals surface area contributed by atoms with Crippen LogP contribution in [0.25, 0.3) is 0 Å². The molecule has 0 radical (unpaired) electrons. The molecule has 1 aromatic heterocycles. The van der Waals surface area contributed by atoms with Crippen molar-refractivity contribution in [2.45, 2.75) is 12.4 Å². The van der Waals surface area contributed by atoms with Crippen molar-refractivity contribution >= 4 is 0 Å². The van der Waals surface area contributed by atoms with E-state index in [2.05, 4.69) is 10.2 Å². The average Bonchev–Trinajstić information content (AvgIpc) is 2.38. The van der Waals surface area contributed by atoms with E-state index in [0.29, 0.717) is 12.1 Å². The van der Waals surface area contributed by atoms with Crippen LogP contribution in [-0.2, 0) is 12.4 Å². The van der Waals surface area contributed by atoms with Crippen molar-refractivity contribution in [3.63, 3.8) is 0 Å². The first-order valence-corrected chi connectivity index (χ1v) is 5.42. The van der Waals surface area contributed by atoms with Gasteiger partial charge in [0.2, 0.25) is 5.88 Å². The fourth-order valence-corrected chi connectivity index (χ4v) is 1.47. The van der Waals surface area contributed by atoms with Gasteiger partial charge >= 0.3 is 12.4 Å². The topological polar surface area (TPSA) is 35.0 Å². The minimum atomic E-state index is -5.00. The Hall–Kier alpha value is -2.32. The van der Waals surface area contributed by atoms with Crippen LogP contribution in [0.4, 0.5) is 26.3 Å². The predicted molar refractivity (Wildman–Crippen MR) is 58.6 cm³/mol. The van der Waals surface area contributed by atoms with E-state index in [1.807, 2.05) is 0 Å². The van der Waals surface area contributed by atoms with Crippen LogP contribution in [0.5, 0.6) is 11.6 Å². The van der Waals surface area contributed by atoms with E-state index in [-0.39, 0.29) is 11.9 Å². The Morgan fingerprint density at radius 2 is 1.62 bits per heavy atom. The lowest BCUT2D eigenvalue weighted by Crippen LogP contribution is -2.12. The van der Waals surface area contributed by atoms with E-state index in [1.54, 1.807) is 0 Å². The van der Waals surface area contributed by atoms with Crippen LogP contribution in [0.1, 0.15) is 11.1 Å². The zero-order valence-electron chi connectivity index (χ0n) is 10.0. The van der Waals surface area contributed by atoms with Crippen molar-refractivity contribution in [2.24, 2.45) is 0 Å². The van der Waals surface area contributed by atoms with Crippen LogP contribution in [0.3, 0.4) is 0 Å². The standard InChI is InChI=1S/C12H6F6N2O/c13-11(14,15)7-3-4-9(8(6-7)12(16,17)18)21-10-2-1-5-19-20-10/h1-6H. The molecule has 0 unspecified atom stereocenters. The van der Waals surface area contributed by atoms with E-state index >= 15 is 0 Å². The molecule has 1 heterocycles. The molecule has 112 valence electrons. The molecular weight excluding hydrogens is 302 g/mol. The summed E-state index contributed by atoms with van der Waals surface area (Å²) in [7, 11) is 0. The summed E-state index contributed by atoms with van der Waals surface area (Å²) in [5, 5.41) is 6.80. The predicted octanol–water partition coefficient (Wildman–Crippen LogP) is 4.31. The van der Waals surface area contributed by atoms with Gasteiger partial charge in [-0.15, -0.1) is 5.10 Å². The monoisotopic (exact) mass is 308 g/mol. The first-order valence-electron chi connectivity index (χ1n) is 5.42. The van der Waals surface area contributed by atoms with Gasteiger partial charge in [-0.3, -0.25) is 0 Å². The van der Waals surface area contributed by atoms with E-state index < -0.39 is 29.2 Å². The number of nitrogens with zero attached hydrogens (tertiary/aromatic N) is 2. The van der Waals surface area contributed by atoms with Crippen LogP contribution in [0.2, 0.25) is 0 Å². The quantitative estimate of drug-likeness (QED) is 0.776. The van der Waals surface area contributed by atoms with Crippen molar-refractivity contribution in [1.82, 2.24) is 10.2 Å². The number of halogens is 6. The van der Waals surface area contributed by atoms with Gasteiger partial charge in [0.25, 0.3) is 0 Å². The second kappa shape index (κ2) is 5.23. The summed E-state index contributed by atoms with van der Waals surface area (Å²) in [5.74, 6) is -1.04. The summed E-state index contributed by atoms with van der Waals surface area (Å²) in [5.41, 5.74) is -2.95. The molecule has 0 N–H and O–H groups in total. The molecule has 0 saturated carbocycles. The van der Waals surface area contributed by atoms with Gasteiger partial charge in [0, 0.05) is 12.3 Å². The highest BCUT2D eigenvalue weighted by molar-refractivity contribution is 5.41. The maximum Gasteiger partial charge on any atom is 0.420 e. The van der Waals surface area contributed by atoms with Crippen molar-refractivity contribution in [3.05, 3.63) is 47.7 Å². The fraction of sp³-hybridized carbons (Fsp3) is 0.167. The summed E-state index contributed by atoms with van der Waals surface area (Å²) < 4.78 is 80.8. The highest BCUT2D eigenvalue weighted by Crippen LogP contribution is 2.41. The molecular formula is C12H6F6N2O. The molecule has 2 rings (SSSR count). The van der Waals surface area contributed by atoms with Crippen molar-refractivity contribution in [3.8, 4) is 11.6 Å². The summed E-state index contributed by atoms with van der Waals surface area (Å²) in [4.78, 5) is 0. The molecule has 0 saturated heterocycles. The van der Waals surface area contributed by atoms with Crippen LogP contribution in [0.15, 0.2) is 36.5 Å². The Bertz CT molecular complexity index is 624. The SMILES string of the molecule is FC(F)(F)c1ccc(Oc2cccnn2)c(C(F)(F)F)c1. The van der Waals surface area contributed by atoms with Crippen LogP contribution in [0, 0.1) is 0 Å². The maximum atomic E-state index is 12.8. The molecule has 0 amide bonds. The molecule has 0 spiro atoms. The Morgan fingerprint density at radius 1 is 0.905 bits per heavy atom. The fourth-order valence-electron chi connectivity index (χ4n) is 1.47. The number of alkyl halides is 6. The first kappa shape index (κ1) is 15.1. The number of benzene rings is 1. The molecule has 21 heavy (non-hydrogen) atoms. The molecule has 0 atom stereocenters. The van der Waals surface area contributed by atoms with Crippen LogP contribution >= 0.6 is 0 Å². The van der Waals surface area contributed by atoms with Gasteiger partial charge in [-0.1, -0.05) is 0 Å². The Kier molecular flexibility index (Phi) is 3.75. The molecule has 3 nitrogen and oxygen atoms in total. The molecule has 9 heteroatoms. The van der Waals surface area contributed by atoms with Crippen molar-refractivity contribution in [2.75, 3.05) is 0 Å². The second-order valence-corrected chi connectivity index (χ2v) is 3.87. The van der Waals surface area contributed by atoms with E-state index in [9.17, 15) is 26.3 Å². The zero-order chi connectivity index (χ0) is 15.7. The molecule has 2 aromatic rings. The highest BCUT2D eigenvalue weighted by atomic mass is 19.4. The molecule has 0 aliphatic rings. The second-order valence-electron chi connectivity index (χ2n) is 3.87. The summed E-state index contributed by atoms with van der Waals surface area (Å²) in [6.07, 6.45) is -8.62. The van der Waals surface area contributed by atoms with Gasteiger partial charge in [0.05, 0.1) is 11.1 Å². The lowest BCUT2D eigenvalue weighted by Gasteiger charge is -2.15. The number of aromatic nitrogens is 2. The molecule has 0 fully saturated rings. The lowest BCUT2D eigenvalue weighted by molar-refractivity contribution is -0.143. The third-order valence-electron chi connectivity index (χ3n) is 2.37. The Balaban J connectivity index is 2.46. The van der Waals surface area contributed by atoms with Gasteiger partial charge in [0.1, 0.15) is 5.75 Å². The normalized spacial score (nSPS) is 12.3. The van der Waals surface area contributed by atoms with Gasteiger partial charge in [-0.05, 0) is 24.3 Å². The summed E-state index contributed by atoms with van der Waals surface area (Å²) in [6.45, 7) is 0. The van der Waals surface area contributed by atoms with Crippen molar-refractivity contribution < 1.29 is 31.1 Å². The minimum Gasteiger partial charge on any atom is -0.437 e. The Labute approximate surface area is 114 Å². The summed E-state index contributed by atoms with van der Waals surface area (Å²) in [6, 6.07) is 3.68. The largest absolute Gasteiger partial charge is 0.437 e. The third-order valence-corrected chi connectivity index (χ3v) is 2.37. The van der Waals surface area contributed by atoms with Crippen LogP contribution < -0.4 is 4.74 Å². The minimum absolute atomic E-state index is 0.00823. The highest BCUT2D eigenvalue weighted by Gasteiger charge is 2.39. The van der Waals surface area contributed by atoms with E-state index in [1.165, 1.54) is 18.3 Å². The number of rotatable bonds is 2. The smallest absolute Gasteiger partial charge is 0.420 e. The zero-order valence-corrected chi connectivity index (χ0v) is 10.0. The van der Waals surface area contributed by atoms with E-state index in [0.717, 1.165) is 0 Å². The summed E-state index contributed by atoms with van der Waals surface area (Å²) >= 11 is 0. The molecule has 0 aliphatic heterocycles.